The second kappa shape index (κ2) is 6.69. The molecule has 0 fully saturated rings. The third-order valence-electron chi connectivity index (χ3n) is 4.38. The van der Waals surface area contributed by atoms with Crippen molar-refractivity contribution in [1.82, 2.24) is 9.78 Å². The number of amides is 2. The molecule has 1 aromatic heterocycles. The molecule has 1 atom stereocenters. The summed E-state index contributed by atoms with van der Waals surface area (Å²) in [5.74, 6) is -0.291. The van der Waals surface area contributed by atoms with Crippen LogP contribution in [0.25, 0.3) is 10.8 Å². The molecule has 142 valence electrons. The molecule has 0 saturated heterocycles. The van der Waals surface area contributed by atoms with E-state index in [1.54, 1.807) is 43.3 Å². The third kappa shape index (κ3) is 3.13. The van der Waals surface area contributed by atoms with Gasteiger partial charge in [-0.3, -0.25) is 24.3 Å². The highest BCUT2D eigenvalue weighted by Crippen LogP contribution is 2.32. The van der Waals surface area contributed by atoms with Gasteiger partial charge in [0.1, 0.15) is 12.3 Å². The van der Waals surface area contributed by atoms with Crippen molar-refractivity contribution in [3.63, 3.8) is 0 Å². The van der Waals surface area contributed by atoms with Crippen molar-refractivity contribution in [3.8, 4) is 5.75 Å². The largest absolute Gasteiger partial charge is 0.479 e. The SMILES string of the molecule is CC1Oc2ccc(NC(=O)Cn3[nH]c(=O)c4ccccc4c3=O)cc2NC1=O. The molecule has 1 unspecified atom stereocenters. The lowest BCUT2D eigenvalue weighted by Gasteiger charge is -2.23. The van der Waals surface area contributed by atoms with Gasteiger partial charge < -0.3 is 15.4 Å². The van der Waals surface area contributed by atoms with E-state index in [0.717, 1.165) is 4.68 Å². The highest BCUT2D eigenvalue weighted by Gasteiger charge is 2.23. The Kier molecular flexibility index (Phi) is 4.19. The highest BCUT2D eigenvalue weighted by atomic mass is 16.5. The fraction of sp³-hybridized carbons (Fsp3) is 0.158. The van der Waals surface area contributed by atoms with Crippen LogP contribution in [0.3, 0.4) is 0 Å². The van der Waals surface area contributed by atoms with Crippen LogP contribution in [0, 0.1) is 0 Å². The highest BCUT2D eigenvalue weighted by molar-refractivity contribution is 5.99. The summed E-state index contributed by atoms with van der Waals surface area (Å²) in [4.78, 5) is 48.7. The lowest BCUT2D eigenvalue weighted by atomic mass is 10.2. The molecule has 4 rings (SSSR count). The van der Waals surface area contributed by atoms with Crippen molar-refractivity contribution in [2.45, 2.75) is 19.6 Å². The molecule has 0 radical (unpaired) electrons. The topological polar surface area (TPSA) is 122 Å². The lowest BCUT2D eigenvalue weighted by molar-refractivity contribution is -0.122. The number of carbonyl (C=O) groups is 2. The van der Waals surface area contributed by atoms with Crippen LogP contribution in [-0.2, 0) is 16.1 Å². The molecular weight excluding hydrogens is 364 g/mol. The number of H-pyrrole nitrogens is 1. The van der Waals surface area contributed by atoms with E-state index in [4.69, 9.17) is 4.74 Å². The van der Waals surface area contributed by atoms with Crippen molar-refractivity contribution in [1.29, 1.82) is 0 Å². The van der Waals surface area contributed by atoms with Crippen molar-refractivity contribution in [2.75, 3.05) is 10.6 Å². The monoisotopic (exact) mass is 380 g/mol. The Morgan fingerprint density at radius 3 is 2.68 bits per heavy atom. The fourth-order valence-electron chi connectivity index (χ4n) is 2.99. The first-order valence-electron chi connectivity index (χ1n) is 8.55. The molecule has 1 aliphatic rings. The smallest absolute Gasteiger partial charge is 0.273 e. The third-order valence-corrected chi connectivity index (χ3v) is 4.38. The molecular formula is C19H16N4O5. The van der Waals surface area contributed by atoms with Crippen LogP contribution in [0.1, 0.15) is 6.92 Å². The predicted octanol–water partition coefficient (Wildman–Crippen LogP) is 1.05. The zero-order valence-electron chi connectivity index (χ0n) is 14.8. The van der Waals surface area contributed by atoms with E-state index >= 15 is 0 Å². The average molecular weight is 380 g/mol. The van der Waals surface area contributed by atoms with E-state index < -0.39 is 23.1 Å². The van der Waals surface area contributed by atoms with Crippen molar-refractivity contribution in [3.05, 3.63) is 63.2 Å². The van der Waals surface area contributed by atoms with Crippen molar-refractivity contribution in [2.24, 2.45) is 0 Å². The second-order valence-electron chi connectivity index (χ2n) is 6.39. The summed E-state index contributed by atoms with van der Waals surface area (Å²) in [6.07, 6.45) is -0.593. The summed E-state index contributed by atoms with van der Waals surface area (Å²) in [5.41, 5.74) is -0.0632. The van der Waals surface area contributed by atoms with E-state index in [0.29, 0.717) is 17.1 Å². The van der Waals surface area contributed by atoms with Crippen LogP contribution in [-0.4, -0.2) is 27.7 Å². The molecule has 3 N–H and O–H groups in total. The number of anilines is 2. The Hall–Kier alpha value is -3.88. The van der Waals surface area contributed by atoms with E-state index in [1.165, 1.54) is 6.07 Å². The van der Waals surface area contributed by atoms with Gasteiger partial charge >= 0.3 is 0 Å². The summed E-state index contributed by atoms with van der Waals surface area (Å²) < 4.78 is 6.42. The number of hydrogen-bond donors (Lipinski definition) is 3. The van der Waals surface area contributed by atoms with E-state index in [9.17, 15) is 19.2 Å². The van der Waals surface area contributed by atoms with Gasteiger partial charge in [-0.15, -0.1) is 0 Å². The second-order valence-corrected chi connectivity index (χ2v) is 6.39. The number of rotatable bonds is 3. The van der Waals surface area contributed by atoms with Gasteiger partial charge in [0.05, 0.1) is 16.5 Å². The predicted molar refractivity (Wildman–Crippen MR) is 103 cm³/mol. The van der Waals surface area contributed by atoms with Crippen LogP contribution in [0.2, 0.25) is 0 Å². The molecule has 0 aliphatic carbocycles. The van der Waals surface area contributed by atoms with Crippen LogP contribution >= 0.6 is 0 Å². The zero-order valence-corrected chi connectivity index (χ0v) is 14.8. The Morgan fingerprint density at radius 2 is 1.89 bits per heavy atom. The number of carbonyl (C=O) groups excluding carboxylic acids is 2. The average Bonchev–Trinajstić information content (AvgIpc) is 2.67. The number of ether oxygens (including phenoxy) is 1. The molecule has 0 spiro atoms. The van der Waals surface area contributed by atoms with Gasteiger partial charge in [-0.05, 0) is 37.3 Å². The number of fused-ring (bicyclic) bond motifs is 2. The van der Waals surface area contributed by atoms with Gasteiger partial charge in [0.15, 0.2) is 6.10 Å². The van der Waals surface area contributed by atoms with Crippen LogP contribution < -0.4 is 26.5 Å². The molecule has 2 aromatic carbocycles. The van der Waals surface area contributed by atoms with Gasteiger partial charge in [-0.25, -0.2) is 4.68 Å². The number of benzene rings is 2. The molecule has 2 heterocycles. The summed E-state index contributed by atoms with van der Waals surface area (Å²) >= 11 is 0. The number of aromatic amines is 1. The number of aromatic nitrogens is 2. The van der Waals surface area contributed by atoms with E-state index in [-0.39, 0.29) is 23.2 Å². The summed E-state index contributed by atoms with van der Waals surface area (Å²) in [6, 6.07) is 11.2. The van der Waals surface area contributed by atoms with Crippen molar-refractivity contribution >= 4 is 34.0 Å². The lowest BCUT2D eigenvalue weighted by Crippen LogP contribution is -2.35. The number of nitrogens with zero attached hydrogens (tertiary/aromatic N) is 1. The Morgan fingerprint density at radius 1 is 1.14 bits per heavy atom. The number of hydrogen-bond acceptors (Lipinski definition) is 5. The Balaban J connectivity index is 1.56. The normalized spacial score (nSPS) is 15.5. The van der Waals surface area contributed by atoms with Gasteiger partial charge in [0.25, 0.3) is 17.0 Å². The van der Waals surface area contributed by atoms with E-state index in [1.807, 2.05) is 0 Å². The molecule has 2 amide bonds. The molecule has 28 heavy (non-hydrogen) atoms. The van der Waals surface area contributed by atoms with Crippen molar-refractivity contribution < 1.29 is 14.3 Å². The van der Waals surface area contributed by atoms with Crippen LogP contribution in [0.15, 0.2) is 52.1 Å². The molecule has 1 aliphatic heterocycles. The minimum Gasteiger partial charge on any atom is -0.479 e. The molecule has 3 aromatic rings. The maximum Gasteiger partial charge on any atom is 0.273 e. The molecule has 9 heteroatoms. The first-order chi connectivity index (χ1) is 13.4. The minimum absolute atomic E-state index is 0.238. The van der Waals surface area contributed by atoms with Gasteiger partial charge in [-0.2, -0.15) is 0 Å². The minimum atomic E-state index is -0.593. The molecule has 0 bridgehead atoms. The van der Waals surface area contributed by atoms with Gasteiger partial charge in [-0.1, -0.05) is 12.1 Å². The van der Waals surface area contributed by atoms with E-state index in [2.05, 4.69) is 15.7 Å². The Bertz CT molecular complexity index is 1230. The van der Waals surface area contributed by atoms with Crippen LogP contribution in [0.5, 0.6) is 5.75 Å². The summed E-state index contributed by atoms with van der Waals surface area (Å²) in [5, 5.41) is 8.24. The fourth-order valence-corrected chi connectivity index (χ4v) is 2.99. The summed E-state index contributed by atoms with van der Waals surface area (Å²) in [7, 11) is 0. The molecule has 9 nitrogen and oxygen atoms in total. The summed E-state index contributed by atoms with van der Waals surface area (Å²) in [6.45, 7) is 1.27. The first-order valence-corrected chi connectivity index (χ1v) is 8.55. The van der Waals surface area contributed by atoms with Crippen LogP contribution in [0.4, 0.5) is 11.4 Å². The van der Waals surface area contributed by atoms with Gasteiger partial charge in [0.2, 0.25) is 5.91 Å². The van der Waals surface area contributed by atoms with Gasteiger partial charge in [0, 0.05) is 5.69 Å². The standard InChI is InChI=1S/C19H16N4O5/c1-10-17(25)21-14-8-11(6-7-15(14)28-10)20-16(24)9-23-19(27)13-5-3-2-4-12(13)18(26)22-23/h2-8,10H,9H2,1H3,(H,20,24)(H,21,25)(H,22,26). The Labute approximate surface area is 157 Å². The maximum absolute atomic E-state index is 12.5. The quantitative estimate of drug-likeness (QED) is 0.627. The zero-order chi connectivity index (χ0) is 19.8. The first kappa shape index (κ1) is 17.5. The maximum atomic E-state index is 12.5. The number of nitrogens with one attached hydrogen (secondary N) is 3. The molecule has 0 saturated carbocycles.